The Balaban J connectivity index is 1.22. The second-order valence-electron chi connectivity index (χ2n) is 26.3. The van der Waals surface area contributed by atoms with Gasteiger partial charge in [0.25, 0.3) is 23.6 Å². The van der Waals surface area contributed by atoms with Gasteiger partial charge in [-0.05, 0) is 123 Å². The number of benzene rings is 2. The van der Waals surface area contributed by atoms with E-state index in [1.807, 2.05) is 132 Å². The molecule has 492 valence electrons. The Morgan fingerprint density at radius 3 is 1.21 bits per heavy atom. The highest BCUT2D eigenvalue weighted by atomic mass is 16.6. The van der Waals surface area contributed by atoms with Crippen molar-refractivity contribution >= 4 is 47.5 Å². The first kappa shape index (κ1) is 70.0. The minimum Gasteiger partial charge on any atom is -0.451 e. The fourth-order valence-corrected chi connectivity index (χ4v) is 11.8. The summed E-state index contributed by atoms with van der Waals surface area (Å²) < 4.78 is 39.9. The fraction of sp³-hybridized carbons (Fsp3) is 0.618. The van der Waals surface area contributed by atoms with Gasteiger partial charge in [-0.3, -0.25) is 28.5 Å². The first-order chi connectivity index (χ1) is 42.7. The number of nitrogens with zero attached hydrogens (tertiary/aromatic N) is 8. The predicted octanol–water partition coefficient (Wildman–Crippen LogP) is 7.86. The number of aromatic nitrogens is 4. The summed E-state index contributed by atoms with van der Waals surface area (Å²) in [4.78, 5) is 123. The van der Waals surface area contributed by atoms with Crippen LogP contribution in [0.15, 0.2) is 73.1 Å². The van der Waals surface area contributed by atoms with E-state index in [1.54, 1.807) is 6.20 Å². The third-order valence-corrected chi connectivity index (χ3v) is 17.0. The maximum atomic E-state index is 15.2. The maximum absolute atomic E-state index is 15.2. The van der Waals surface area contributed by atoms with Gasteiger partial charge in [-0.1, -0.05) is 104 Å². The standard InChI is InChI=1S/C68H96N8O14/c1-41(2)33-53-65(81)87-46(10)62(78)72(12)56(36-44(7)8)68(84)90-60(38-48-21-25-50(26-22-48)40-76-52(27-29-69-76)58-18-16-32-86-58)64(80)74(14)54(34-42(3)4)66(82)88-45(9)61(77)71(11)55(35-43(5)6)67(83)89-59(63(79)73(53)13)37-47-19-23-49(24-20-47)39-75-30-28-51(70-75)57-17-15-31-85-57/h19-30,41-46,53-60H,15-18,31-40H2,1-14H3/t45-,46-,53+,54+,55+,56+,57?,58?,59-,60-/m1/s1. The number of likely N-dealkylation sites (N-methyl/N-ethyl adjacent to an activating group) is 4. The van der Waals surface area contributed by atoms with Crippen LogP contribution in [-0.2, 0) is 92.7 Å². The van der Waals surface area contributed by atoms with Crippen LogP contribution in [0.1, 0.15) is 166 Å². The molecule has 3 fully saturated rings. The number of carbonyl (C=O) groups is 8. The summed E-state index contributed by atoms with van der Waals surface area (Å²) in [5, 5.41) is 9.28. The van der Waals surface area contributed by atoms with Gasteiger partial charge in [0.2, 0.25) is 0 Å². The van der Waals surface area contributed by atoms with E-state index in [4.69, 9.17) is 33.5 Å². The number of hydrogen-bond donors (Lipinski definition) is 0. The second-order valence-corrected chi connectivity index (χ2v) is 26.3. The number of ether oxygens (including phenoxy) is 6. The third kappa shape index (κ3) is 18.6. The molecule has 22 nitrogen and oxygen atoms in total. The Labute approximate surface area is 530 Å². The molecule has 0 bridgehead atoms. The zero-order valence-electron chi connectivity index (χ0n) is 55.2. The minimum absolute atomic E-state index is 0.0361. The molecule has 2 unspecified atom stereocenters. The van der Waals surface area contributed by atoms with Crippen LogP contribution < -0.4 is 0 Å². The van der Waals surface area contributed by atoms with Crippen LogP contribution in [0.5, 0.6) is 0 Å². The zero-order chi connectivity index (χ0) is 65.7. The quantitative estimate of drug-likeness (QED) is 0.0680. The summed E-state index contributed by atoms with van der Waals surface area (Å²) >= 11 is 0. The van der Waals surface area contributed by atoms with Crippen LogP contribution >= 0.6 is 0 Å². The Hall–Kier alpha value is -7.46. The lowest BCUT2D eigenvalue weighted by molar-refractivity contribution is -0.176. The van der Waals surface area contributed by atoms with Crippen LogP contribution in [0.3, 0.4) is 0 Å². The van der Waals surface area contributed by atoms with Crippen LogP contribution in [0.25, 0.3) is 0 Å². The summed E-state index contributed by atoms with van der Waals surface area (Å²) in [5.41, 5.74) is 4.88. The number of rotatable bonds is 18. The summed E-state index contributed by atoms with van der Waals surface area (Å²) in [5.74, 6) is -7.48. The maximum Gasteiger partial charge on any atom is 0.329 e. The summed E-state index contributed by atoms with van der Waals surface area (Å²) in [7, 11) is 5.60. The average Bonchev–Trinajstić information content (AvgIpc) is 2.34. The molecule has 2 aromatic carbocycles. The third-order valence-electron chi connectivity index (χ3n) is 17.0. The SMILES string of the molecule is CC(C)C[C@H]1C(=O)O[C@H](Cc2ccc(Cn3nccc3C3CCCO3)cc2)C(=O)N(C)[C@@H](CC(C)C)C(=O)O[C@H](C)C(=O)N(C)[C@@H](CC(C)C)C(=O)O[C@H](Cc2ccc(Cn3ccc(C4CCCO4)n3)cc2)C(=O)N(C)[C@@H](CC(C)C)C(=O)O[C@H](C)C(=O)N1C. The molecule has 10 atom stereocenters. The first-order valence-electron chi connectivity index (χ1n) is 32.0. The van der Waals surface area contributed by atoms with Gasteiger partial charge in [0.1, 0.15) is 30.3 Å². The van der Waals surface area contributed by atoms with E-state index in [-0.39, 0.29) is 74.4 Å². The van der Waals surface area contributed by atoms with Gasteiger partial charge in [-0.2, -0.15) is 10.2 Å². The molecule has 3 aliphatic rings. The second kappa shape index (κ2) is 32.0. The monoisotopic (exact) mass is 1250 g/mol. The molecule has 0 spiro atoms. The molecule has 5 heterocycles. The van der Waals surface area contributed by atoms with E-state index >= 15 is 9.59 Å². The van der Waals surface area contributed by atoms with Gasteiger partial charge in [-0.15, -0.1) is 0 Å². The molecule has 22 heteroatoms. The highest BCUT2D eigenvalue weighted by molar-refractivity contribution is 5.94. The highest BCUT2D eigenvalue weighted by Crippen LogP contribution is 2.30. The number of esters is 4. The van der Waals surface area contributed by atoms with Crippen molar-refractivity contribution in [3.05, 3.63) is 107 Å². The van der Waals surface area contributed by atoms with E-state index in [1.165, 1.54) is 51.8 Å². The minimum atomic E-state index is -1.55. The summed E-state index contributed by atoms with van der Waals surface area (Å²) in [6, 6.07) is 13.6. The summed E-state index contributed by atoms with van der Waals surface area (Å²) in [6.45, 7) is 19.9. The molecule has 4 amide bonds. The van der Waals surface area contributed by atoms with Crippen molar-refractivity contribution in [2.45, 2.75) is 207 Å². The molecule has 4 aromatic rings. The molecule has 2 aromatic heterocycles. The van der Waals surface area contributed by atoms with Crippen molar-refractivity contribution in [1.82, 2.24) is 39.2 Å². The molecule has 7 rings (SSSR count). The Morgan fingerprint density at radius 1 is 0.456 bits per heavy atom. The molecule has 0 radical (unpaired) electrons. The molecule has 90 heavy (non-hydrogen) atoms. The molecule has 3 saturated heterocycles. The van der Waals surface area contributed by atoms with Crippen molar-refractivity contribution in [3.63, 3.8) is 0 Å². The Bertz CT molecular complexity index is 3060. The normalized spacial score (nSPS) is 25.4. The lowest BCUT2D eigenvalue weighted by Crippen LogP contribution is -2.55. The van der Waals surface area contributed by atoms with E-state index in [9.17, 15) is 28.8 Å². The van der Waals surface area contributed by atoms with Crippen LogP contribution in [0.4, 0.5) is 0 Å². The number of hydrogen-bond acceptors (Lipinski definition) is 16. The topological polar surface area (TPSA) is 241 Å². The van der Waals surface area contributed by atoms with E-state index in [0.717, 1.165) is 58.0 Å². The number of amides is 4. The molecule has 0 saturated carbocycles. The first-order valence-corrected chi connectivity index (χ1v) is 32.0. The van der Waals surface area contributed by atoms with E-state index < -0.39 is 96.1 Å². The van der Waals surface area contributed by atoms with Gasteiger partial charge in [0.15, 0.2) is 24.4 Å². The highest BCUT2D eigenvalue weighted by Gasteiger charge is 2.43. The van der Waals surface area contributed by atoms with Crippen molar-refractivity contribution in [2.75, 3.05) is 41.4 Å². The smallest absolute Gasteiger partial charge is 0.329 e. The van der Waals surface area contributed by atoms with Crippen LogP contribution in [-0.4, -0.2) is 177 Å². The van der Waals surface area contributed by atoms with Gasteiger partial charge in [0.05, 0.1) is 30.6 Å². The van der Waals surface area contributed by atoms with Crippen LogP contribution in [0.2, 0.25) is 0 Å². The lowest BCUT2D eigenvalue weighted by atomic mass is 9.99. The fourth-order valence-electron chi connectivity index (χ4n) is 11.8. The average molecular weight is 1250 g/mol. The Kier molecular flexibility index (Phi) is 24.9. The van der Waals surface area contributed by atoms with Gasteiger partial charge in [0, 0.05) is 66.6 Å². The van der Waals surface area contributed by atoms with Gasteiger partial charge in [-0.25, -0.2) is 19.2 Å². The molecular weight excluding hydrogens is 1150 g/mol. The molecule has 3 aliphatic heterocycles. The van der Waals surface area contributed by atoms with E-state index in [2.05, 4.69) is 5.10 Å². The van der Waals surface area contributed by atoms with Crippen LogP contribution in [0, 0.1) is 23.7 Å². The Morgan fingerprint density at radius 2 is 0.822 bits per heavy atom. The summed E-state index contributed by atoms with van der Waals surface area (Å²) in [6.07, 6.45) is 1.24. The lowest BCUT2D eigenvalue weighted by Gasteiger charge is -2.35. The van der Waals surface area contributed by atoms with Crippen molar-refractivity contribution in [3.8, 4) is 0 Å². The molecular formula is C68H96N8O14. The van der Waals surface area contributed by atoms with Crippen molar-refractivity contribution in [1.29, 1.82) is 0 Å². The van der Waals surface area contributed by atoms with Gasteiger partial charge >= 0.3 is 23.9 Å². The zero-order valence-corrected chi connectivity index (χ0v) is 55.2. The molecule has 0 aliphatic carbocycles. The van der Waals surface area contributed by atoms with Crippen molar-refractivity contribution in [2.24, 2.45) is 23.7 Å². The predicted molar refractivity (Wildman–Crippen MR) is 334 cm³/mol. The number of cyclic esters (lactones) is 4. The molecule has 0 N–H and O–H groups in total. The largest absolute Gasteiger partial charge is 0.451 e. The van der Waals surface area contributed by atoms with E-state index in [0.29, 0.717) is 37.4 Å². The number of carbonyl (C=O) groups excluding carboxylic acids is 8. The van der Waals surface area contributed by atoms with Crippen molar-refractivity contribution < 1.29 is 66.8 Å². The van der Waals surface area contributed by atoms with Gasteiger partial charge < -0.3 is 48.0 Å².